The van der Waals surface area contributed by atoms with Crippen LogP contribution in [0.5, 0.6) is 5.75 Å². The fraction of sp³-hybridized carbons (Fsp3) is 0.143. The number of hydrogen-bond acceptors (Lipinski definition) is 3. The molecule has 0 amide bonds. The first-order valence-electron chi connectivity index (χ1n) is 5.80. The molecule has 0 aliphatic heterocycles. The van der Waals surface area contributed by atoms with Gasteiger partial charge >= 0.3 is 6.57 Å². The Hall–Kier alpha value is -1.18. The third-order valence-electron chi connectivity index (χ3n) is 2.36. The highest BCUT2D eigenvalue weighted by Crippen LogP contribution is 2.61. The minimum absolute atomic E-state index is 0.501. The molecule has 94 valence electrons. The van der Waals surface area contributed by atoms with Gasteiger partial charge in [-0.15, -0.1) is 0 Å². The normalized spacial score (nSPS) is 13.8. The molecule has 2 nitrogen and oxygen atoms in total. The summed E-state index contributed by atoms with van der Waals surface area (Å²) in [7, 11) is 0. The van der Waals surface area contributed by atoms with Crippen LogP contribution in [0, 0.1) is 0 Å². The van der Waals surface area contributed by atoms with Crippen LogP contribution in [0.4, 0.5) is 0 Å². The van der Waals surface area contributed by atoms with Gasteiger partial charge in [0.15, 0.2) is 0 Å². The minimum atomic E-state index is -2.73. The van der Waals surface area contributed by atoms with Gasteiger partial charge in [0.05, 0.1) is 0 Å². The molecule has 0 bridgehead atoms. The quantitative estimate of drug-likeness (QED) is 0.714. The van der Waals surface area contributed by atoms with Gasteiger partial charge in [-0.1, -0.05) is 43.3 Å². The molecule has 0 saturated heterocycles. The first-order chi connectivity index (χ1) is 8.72. The van der Waals surface area contributed by atoms with Crippen molar-refractivity contribution in [2.75, 3.05) is 6.16 Å². The van der Waals surface area contributed by atoms with Gasteiger partial charge in [-0.05, 0) is 35.6 Å². The van der Waals surface area contributed by atoms with E-state index in [1.165, 1.54) is 11.4 Å². The standard InChI is InChI=1S/C14H15O2PS/c1-2-17(15,16-13-9-5-3-6-10-13)18-14-11-7-4-8-12-14/h3-12H,2H2,1H3. The Balaban J connectivity index is 2.14. The van der Waals surface area contributed by atoms with E-state index in [0.717, 1.165) is 4.90 Å². The summed E-state index contributed by atoms with van der Waals surface area (Å²) in [6.45, 7) is -0.839. The topological polar surface area (TPSA) is 26.3 Å². The van der Waals surface area contributed by atoms with Gasteiger partial charge < -0.3 is 4.52 Å². The SMILES string of the molecule is CCP(=O)(Oc1ccccc1)Sc1ccccc1. The van der Waals surface area contributed by atoms with E-state index < -0.39 is 6.57 Å². The second-order valence-electron chi connectivity index (χ2n) is 3.74. The first kappa shape index (κ1) is 13.3. The summed E-state index contributed by atoms with van der Waals surface area (Å²) in [5, 5.41) is 0. The molecule has 0 saturated carbocycles. The Labute approximate surface area is 112 Å². The number of para-hydroxylation sites is 1. The summed E-state index contributed by atoms with van der Waals surface area (Å²) >= 11 is 1.32. The molecule has 1 unspecified atom stereocenters. The average Bonchev–Trinajstić information content (AvgIpc) is 2.41. The molecule has 0 heterocycles. The fourth-order valence-corrected chi connectivity index (χ4v) is 4.86. The van der Waals surface area contributed by atoms with Crippen molar-refractivity contribution in [2.24, 2.45) is 0 Å². The van der Waals surface area contributed by atoms with Crippen LogP contribution in [0.25, 0.3) is 0 Å². The summed E-state index contributed by atoms with van der Waals surface area (Å²) in [6, 6.07) is 19.0. The molecule has 2 rings (SSSR count). The zero-order valence-corrected chi connectivity index (χ0v) is 11.9. The summed E-state index contributed by atoms with van der Waals surface area (Å²) in [6.07, 6.45) is 0.501. The van der Waals surface area contributed by atoms with E-state index in [1.807, 2.05) is 67.6 Å². The molecule has 4 heteroatoms. The van der Waals surface area contributed by atoms with Gasteiger partial charge in [0.1, 0.15) is 5.75 Å². The van der Waals surface area contributed by atoms with Gasteiger partial charge in [0, 0.05) is 11.1 Å². The molecule has 2 aromatic rings. The summed E-state index contributed by atoms with van der Waals surface area (Å²) in [4.78, 5) is 0.971. The largest absolute Gasteiger partial charge is 0.436 e. The molecule has 1 atom stereocenters. The van der Waals surface area contributed by atoms with Crippen molar-refractivity contribution in [2.45, 2.75) is 11.8 Å². The Kier molecular flexibility index (Phi) is 4.51. The Morgan fingerprint density at radius 2 is 1.56 bits per heavy atom. The maximum absolute atomic E-state index is 12.7. The Morgan fingerprint density at radius 1 is 1.00 bits per heavy atom. The van der Waals surface area contributed by atoms with Crippen molar-refractivity contribution in [3.05, 3.63) is 60.7 Å². The first-order valence-corrected chi connectivity index (χ1v) is 9.03. The van der Waals surface area contributed by atoms with E-state index in [1.54, 1.807) is 0 Å². The Bertz CT molecular complexity index is 483. The number of benzene rings is 2. The maximum Gasteiger partial charge on any atom is 0.307 e. The third kappa shape index (κ3) is 3.66. The smallest absolute Gasteiger partial charge is 0.307 e. The van der Waals surface area contributed by atoms with Crippen molar-refractivity contribution < 1.29 is 9.09 Å². The van der Waals surface area contributed by atoms with Crippen molar-refractivity contribution in [3.63, 3.8) is 0 Å². The van der Waals surface area contributed by atoms with Crippen LogP contribution < -0.4 is 4.52 Å². The molecule has 0 radical (unpaired) electrons. The highest BCUT2D eigenvalue weighted by atomic mass is 32.7. The lowest BCUT2D eigenvalue weighted by Gasteiger charge is -2.17. The van der Waals surface area contributed by atoms with Crippen molar-refractivity contribution in [1.29, 1.82) is 0 Å². The van der Waals surface area contributed by atoms with Crippen LogP contribution >= 0.6 is 18.0 Å². The monoisotopic (exact) mass is 278 g/mol. The molecule has 0 spiro atoms. The average molecular weight is 278 g/mol. The molecule has 0 aromatic heterocycles. The van der Waals surface area contributed by atoms with Crippen LogP contribution in [0.2, 0.25) is 0 Å². The van der Waals surface area contributed by atoms with Gasteiger partial charge in [-0.25, -0.2) is 0 Å². The van der Waals surface area contributed by atoms with Crippen LogP contribution in [0.3, 0.4) is 0 Å². The molecule has 2 aromatic carbocycles. The van der Waals surface area contributed by atoms with Crippen LogP contribution in [-0.4, -0.2) is 6.16 Å². The van der Waals surface area contributed by atoms with Crippen LogP contribution in [0.15, 0.2) is 65.6 Å². The lowest BCUT2D eigenvalue weighted by Crippen LogP contribution is -1.92. The van der Waals surface area contributed by atoms with Crippen molar-refractivity contribution >= 4 is 18.0 Å². The predicted molar refractivity (Wildman–Crippen MR) is 77.5 cm³/mol. The van der Waals surface area contributed by atoms with Crippen molar-refractivity contribution in [1.82, 2.24) is 0 Å². The second-order valence-corrected chi connectivity index (χ2v) is 8.64. The van der Waals surface area contributed by atoms with E-state index in [0.29, 0.717) is 11.9 Å². The van der Waals surface area contributed by atoms with Gasteiger partial charge in [0.25, 0.3) is 0 Å². The molecule has 0 aliphatic rings. The van der Waals surface area contributed by atoms with Crippen LogP contribution in [-0.2, 0) is 4.57 Å². The third-order valence-corrected chi connectivity index (χ3v) is 6.85. The predicted octanol–water partition coefficient (Wildman–Crippen LogP) is 5.07. The summed E-state index contributed by atoms with van der Waals surface area (Å²) < 4.78 is 18.3. The zero-order valence-electron chi connectivity index (χ0n) is 10.2. The molecule has 0 aliphatic carbocycles. The van der Waals surface area contributed by atoms with Gasteiger partial charge in [-0.2, -0.15) is 0 Å². The van der Waals surface area contributed by atoms with E-state index in [9.17, 15) is 4.57 Å². The lowest BCUT2D eigenvalue weighted by molar-refractivity contribution is 0.500. The molecular formula is C14H15O2PS. The maximum atomic E-state index is 12.7. The Morgan fingerprint density at radius 3 is 2.11 bits per heavy atom. The van der Waals surface area contributed by atoms with Gasteiger partial charge in [0.2, 0.25) is 0 Å². The number of hydrogen-bond donors (Lipinski definition) is 0. The van der Waals surface area contributed by atoms with E-state index in [-0.39, 0.29) is 0 Å². The van der Waals surface area contributed by atoms with E-state index in [2.05, 4.69) is 0 Å². The van der Waals surface area contributed by atoms with Gasteiger partial charge in [-0.3, -0.25) is 4.57 Å². The van der Waals surface area contributed by atoms with E-state index >= 15 is 0 Å². The second kappa shape index (κ2) is 6.12. The zero-order chi connectivity index (χ0) is 12.8. The molecule has 0 N–H and O–H groups in total. The molecular weight excluding hydrogens is 263 g/mol. The summed E-state index contributed by atoms with van der Waals surface area (Å²) in [5.74, 6) is 0.658. The lowest BCUT2D eigenvalue weighted by atomic mass is 10.3. The van der Waals surface area contributed by atoms with Crippen LogP contribution in [0.1, 0.15) is 6.92 Å². The highest BCUT2D eigenvalue weighted by Gasteiger charge is 2.23. The van der Waals surface area contributed by atoms with E-state index in [4.69, 9.17) is 4.52 Å². The van der Waals surface area contributed by atoms with Crippen molar-refractivity contribution in [3.8, 4) is 5.75 Å². The molecule has 0 fully saturated rings. The highest BCUT2D eigenvalue weighted by molar-refractivity contribution is 8.56. The summed E-state index contributed by atoms with van der Waals surface area (Å²) in [5.41, 5.74) is 0. The number of rotatable bonds is 5. The minimum Gasteiger partial charge on any atom is -0.436 e. The fourth-order valence-electron chi connectivity index (χ4n) is 1.43. The molecule has 18 heavy (non-hydrogen) atoms.